The van der Waals surface area contributed by atoms with Crippen molar-refractivity contribution >= 4 is 21.5 Å². The average Bonchev–Trinajstić information content (AvgIpc) is 2.47. The SMILES string of the molecule is CCN(Cc1ccc(S(=O)(=O)O)cc1)c1ccc(N)c(C)c1. The van der Waals surface area contributed by atoms with E-state index in [0.717, 1.165) is 29.0 Å². The molecular formula is C16H20N2O3S. The molecule has 118 valence electrons. The number of hydrogen-bond acceptors (Lipinski definition) is 4. The summed E-state index contributed by atoms with van der Waals surface area (Å²) >= 11 is 0. The monoisotopic (exact) mass is 320 g/mol. The fraction of sp³-hybridized carbons (Fsp3) is 0.250. The number of nitrogens with two attached hydrogens (primary N) is 1. The molecule has 0 saturated heterocycles. The van der Waals surface area contributed by atoms with Crippen molar-refractivity contribution in [3.8, 4) is 0 Å². The first-order valence-corrected chi connectivity index (χ1v) is 8.42. The van der Waals surface area contributed by atoms with Crippen LogP contribution in [0.5, 0.6) is 0 Å². The van der Waals surface area contributed by atoms with Gasteiger partial charge in [-0.1, -0.05) is 12.1 Å². The molecule has 0 fully saturated rings. The molecule has 0 saturated carbocycles. The standard InChI is InChI=1S/C16H20N2O3S/c1-3-18(14-6-9-16(17)12(2)10-14)11-13-4-7-15(8-5-13)22(19,20)21/h4-10H,3,11,17H2,1-2H3,(H,19,20,21). The summed E-state index contributed by atoms with van der Waals surface area (Å²) in [6, 6.07) is 12.1. The van der Waals surface area contributed by atoms with Gasteiger partial charge in [0, 0.05) is 24.5 Å². The van der Waals surface area contributed by atoms with Crippen LogP contribution in [0.1, 0.15) is 18.1 Å². The Hall–Kier alpha value is -2.05. The van der Waals surface area contributed by atoms with E-state index in [1.54, 1.807) is 12.1 Å². The highest BCUT2D eigenvalue weighted by molar-refractivity contribution is 7.85. The maximum absolute atomic E-state index is 11.0. The summed E-state index contributed by atoms with van der Waals surface area (Å²) in [7, 11) is -4.14. The molecule has 0 spiro atoms. The van der Waals surface area contributed by atoms with Crippen LogP contribution in [0, 0.1) is 6.92 Å². The van der Waals surface area contributed by atoms with E-state index in [0.29, 0.717) is 6.54 Å². The first kappa shape index (κ1) is 16.3. The van der Waals surface area contributed by atoms with Gasteiger partial charge < -0.3 is 10.6 Å². The van der Waals surface area contributed by atoms with E-state index in [9.17, 15) is 8.42 Å². The Bertz CT molecular complexity index is 755. The van der Waals surface area contributed by atoms with Crippen molar-refractivity contribution in [2.75, 3.05) is 17.2 Å². The number of nitrogen functional groups attached to an aromatic ring is 1. The predicted molar refractivity (Wildman–Crippen MR) is 88.6 cm³/mol. The molecule has 0 radical (unpaired) electrons. The lowest BCUT2D eigenvalue weighted by Crippen LogP contribution is -2.22. The van der Waals surface area contributed by atoms with Gasteiger partial charge in [0.15, 0.2) is 0 Å². The van der Waals surface area contributed by atoms with Gasteiger partial charge in [0.2, 0.25) is 0 Å². The molecule has 3 N–H and O–H groups in total. The van der Waals surface area contributed by atoms with E-state index in [-0.39, 0.29) is 4.90 Å². The fourth-order valence-corrected chi connectivity index (χ4v) is 2.71. The van der Waals surface area contributed by atoms with Crippen LogP contribution in [0.15, 0.2) is 47.4 Å². The summed E-state index contributed by atoms with van der Waals surface area (Å²) in [6.07, 6.45) is 0. The van der Waals surface area contributed by atoms with Gasteiger partial charge in [-0.15, -0.1) is 0 Å². The number of benzene rings is 2. The van der Waals surface area contributed by atoms with E-state index in [1.165, 1.54) is 12.1 Å². The van der Waals surface area contributed by atoms with Crippen LogP contribution in [0.2, 0.25) is 0 Å². The van der Waals surface area contributed by atoms with Gasteiger partial charge in [-0.2, -0.15) is 8.42 Å². The third-order valence-corrected chi connectivity index (χ3v) is 4.46. The van der Waals surface area contributed by atoms with Crippen LogP contribution in [0.4, 0.5) is 11.4 Å². The van der Waals surface area contributed by atoms with Crippen molar-refractivity contribution in [1.29, 1.82) is 0 Å². The smallest absolute Gasteiger partial charge is 0.294 e. The highest BCUT2D eigenvalue weighted by atomic mass is 32.2. The second-order valence-corrected chi connectivity index (χ2v) is 6.60. The minimum absolute atomic E-state index is 0.0948. The van der Waals surface area contributed by atoms with Crippen LogP contribution < -0.4 is 10.6 Å². The number of rotatable bonds is 5. The minimum atomic E-state index is -4.14. The van der Waals surface area contributed by atoms with Gasteiger partial charge in [-0.25, -0.2) is 0 Å². The van der Waals surface area contributed by atoms with Gasteiger partial charge in [0.05, 0.1) is 4.90 Å². The van der Waals surface area contributed by atoms with E-state index in [2.05, 4.69) is 11.8 Å². The Morgan fingerprint density at radius 2 is 1.77 bits per heavy atom. The number of aryl methyl sites for hydroxylation is 1. The van der Waals surface area contributed by atoms with Crippen molar-refractivity contribution < 1.29 is 13.0 Å². The molecule has 0 bridgehead atoms. The largest absolute Gasteiger partial charge is 0.399 e. The van der Waals surface area contributed by atoms with Gasteiger partial charge >= 0.3 is 0 Å². The Kier molecular flexibility index (Phi) is 4.73. The van der Waals surface area contributed by atoms with Crippen LogP contribution in [-0.2, 0) is 16.7 Å². The summed E-state index contributed by atoms with van der Waals surface area (Å²) < 4.78 is 31.1. The summed E-state index contributed by atoms with van der Waals surface area (Å²) in [6.45, 7) is 5.47. The van der Waals surface area contributed by atoms with Crippen LogP contribution in [0.3, 0.4) is 0 Å². The third-order valence-electron chi connectivity index (χ3n) is 3.59. The van der Waals surface area contributed by atoms with E-state index >= 15 is 0 Å². The third kappa shape index (κ3) is 3.78. The normalized spacial score (nSPS) is 11.4. The van der Waals surface area contributed by atoms with Gasteiger partial charge in [-0.3, -0.25) is 4.55 Å². The molecule has 0 amide bonds. The molecule has 2 aromatic rings. The molecule has 2 aromatic carbocycles. The molecule has 0 aliphatic carbocycles. The van der Waals surface area contributed by atoms with E-state index in [4.69, 9.17) is 10.3 Å². The Labute approximate surface area is 131 Å². The molecule has 0 atom stereocenters. The van der Waals surface area contributed by atoms with Gasteiger partial charge in [0.25, 0.3) is 10.1 Å². The quantitative estimate of drug-likeness (QED) is 0.654. The van der Waals surface area contributed by atoms with E-state index < -0.39 is 10.1 Å². The Morgan fingerprint density at radius 3 is 2.27 bits per heavy atom. The van der Waals surface area contributed by atoms with Crippen LogP contribution in [-0.4, -0.2) is 19.5 Å². The van der Waals surface area contributed by atoms with Crippen LogP contribution in [0.25, 0.3) is 0 Å². The lowest BCUT2D eigenvalue weighted by Gasteiger charge is -2.24. The van der Waals surface area contributed by atoms with Crippen molar-refractivity contribution in [2.24, 2.45) is 0 Å². The van der Waals surface area contributed by atoms with Crippen molar-refractivity contribution in [3.05, 3.63) is 53.6 Å². The molecule has 22 heavy (non-hydrogen) atoms. The summed E-state index contributed by atoms with van der Waals surface area (Å²) in [5.41, 5.74) is 9.65. The Morgan fingerprint density at radius 1 is 1.14 bits per heavy atom. The topological polar surface area (TPSA) is 83.6 Å². The number of nitrogens with zero attached hydrogens (tertiary/aromatic N) is 1. The second kappa shape index (κ2) is 6.37. The number of hydrogen-bond donors (Lipinski definition) is 2. The number of anilines is 2. The lowest BCUT2D eigenvalue weighted by atomic mass is 10.1. The van der Waals surface area contributed by atoms with Gasteiger partial charge in [-0.05, 0) is 55.3 Å². The first-order chi connectivity index (χ1) is 10.3. The lowest BCUT2D eigenvalue weighted by molar-refractivity contribution is 0.483. The first-order valence-electron chi connectivity index (χ1n) is 6.98. The molecule has 0 unspecified atom stereocenters. The zero-order valence-electron chi connectivity index (χ0n) is 12.7. The second-order valence-electron chi connectivity index (χ2n) is 5.17. The summed E-state index contributed by atoms with van der Waals surface area (Å²) in [5, 5.41) is 0. The predicted octanol–water partition coefficient (Wildman–Crippen LogP) is 2.85. The Balaban J connectivity index is 2.21. The molecule has 6 heteroatoms. The molecule has 0 aliphatic heterocycles. The molecule has 0 aliphatic rings. The maximum Gasteiger partial charge on any atom is 0.294 e. The summed E-state index contributed by atoms with van der Waals surface area (Å²) in [5.74, 6) is 0. The zero-order chi connectivity index (χ0) is 16.3. The maximum atomic E-state index is 11.0. The van der Waals surface area contributed by atoms with Crippen molar-refractivity contribution in [3.63, 3.8) is 0 Å². The fourth-order valence-electron chi connectivity index (χ4n) is 2.23. The molecule has 0 aromatic heterocycles. The van der Waals surface area contributed by atoms with Gasteiger partial charge in [0.1, 0.15) is 0 Å². The molecule has 5 nitrogen and oxygen atoms in total. The van der Waals surface area contributed by atoms with E-state index in [1.807, 2.05) is 25.1 Å². The highest BCUT2D eigenvalue weighted by Gasteiger charge is 2.10. The van der Waals surface area contributed by atoms with Crippen molar-refractivity contribution in [1.82, 2.24) is 0 Å². The zero-order valence-corrected chi connectivity index (χ0v) is 13.5. The molecule has 2 rings (SSSR count). The van der Waals surface area contributed by atoms with Crippen molar-refractivity contribution in [2.45, 2.75) is 25.3 Å². The molecular weight excluding hydrogens is 300 g/mol. The highest BCUT2D eigenvalue weighted by Crippen LogP contribution is 2.22. The van der Waals surface area contributed by atoms with Crippen LogP contribution >= 0.6 is 0 Å². The molecule has 0 heterocycles. The average molecular weight is 320 g/mol. The minimum Gasteiger partial charge on any atom is -0.399 e. The summed E-state index contributed by atoms with van der Waals surface area (Å²) in [4.78, 5) is 2.07.